The third-order valence-electron chi connectivity index (χ3n) is 4.23. The number of nitrogens with one attached hydrogen (secondary N) is 2. The van der Waals surface area contributed by atoms with Crippen LogP contribution in [0.2, 0.25) is 0 Å². The van der Waals surface area contributed by atoms with Crippen molar-refractivity contribution in [3.8, 4) is 0 Å². The fraction of sp³-hybridized carbons (Fsp3) is 0.867. The summed E-state index contributed by atoms with van der Waals surface area (Å²) in [7, 11) is 0. The van der Waals surface area contributed by atoms with Gasteiger partial charge in [0.25, 0.3) is 0 Å². The predicted octanol–water partition coefficient (Wildman–Crippen LogP) is 1.46. The molecule has 0 radical (unpaired) electrons. The van der Waals surface area contributed by atoms with Crippen LogP contribution < -0.4 is 10.6 Å². The van der Waals surface area contributed by atoms with E-state index in [0.29, 0.717) is 6.42 Å². The lowest BCUT2D eigenvalue weighted by atomic mass is 9.99. The molecular weight excluding hydrogens is 290 g/mol. The molecule has 2 saturated heterocycles. The Kier molecular flexibility index (Phi) is 8.04. The molecule has 0 aromatic rings. The first kappa shape index (κ1) is 18.2. The Morgan fingerprint density at radius 2 is 2.05 bits per heavy atom. The Hall–Kier alpha value is -0.810. The van der Waals surface area contributed by atoms with Crippen LogP contribution in [0.25, 0.3) is 0 Å². The van der Waals surface area contributed by atoms with Crippen molar-refractivity contribution >= 4 is 24.2 Å². The highest BCUT2D eigenvalue weighted by Crippen LogP contribution is 2.19. The second-order valence-corrected chi connectivity index (χ2v) is 5.90. The van der Waals surface area contributed by atoms with E-state index >= 15 is 0 Å². The molecule has 122 valence electrons. The Morgan fingerprint density at radius 1 is 1.24 bits per heavy atom. The zero-order chi connectivity index (χ0) is 14.4. The van der Waals surface area contributed by atoms with Gasteiger partial charge in [-0.05, 0) is 45.1 Å². The molecule has 21 heavy (non-hydrogen) atoms. The van der Waals surface area contributed by atoms with Crippen LogP contribution in [0.5, 0.6) is 0 Å². The summed E-state index contributed by atoms with van der Waals surface area (Å²) in [6.45, 7) is 4.63. The molecule has 0 aromatic carbocycles. The lowest BCUT2D eigenvalue weighted by Crippen LogP contribution is -2.55. The molecule has 0 aliphatic carbocycles. The predicted molar refractivity (Wildman–Crippen MR) is 85.5 cm³/mol. The van der Waals surface area contributed by atoms with Crippen molar-refractivity contribution in [1.82, 2.24) is 15.5 Å². The number of carbonyl (C=O) groups excluding carboxylic acids is 2. The highest BCUT2D eigenvalue weighted by atomic mass is 35.5. The zero-order valence-electron chi connectivity index (χ0n) is 12.9. The number of hydrogen-bond acceptors (Lipinski definition) is 3. The smallest absolute Gasteiger partial charge is 0.243 e. The van der Waals surface area contributed by atoms with Gasteiger partial charge in [0.2, 0.25) is 11.8 Å². The number of rotatable bonds is 4. The molecule has 2 atom stereocenters. The standard InChI is InChI=1S/C15H27N3O2.ClH/c1-2-6-14(19)18-10-4-3-8-13(18)15(20)17-12-7-5-9-16-11-12;/h12-13,16H,2-11H2,1H3,(H,17,20);1H. The quantitative estimate of drug-likeness (QED) is 0.825. The molecule has 2 heterocycles. The van der Waals surface area contributed by atoms with Gasteiger partial charge in [-0.3, -0.25) is 9.59 Å². The minimum Gasteiger partial charge on any atom is -0.350 e. The molecule has 0 spiro atoms. The number of carbonyl (C=O) groups is 2. The van der Waals surface area contributed by atoms with Crippen molar-refractivity contribution < 1.29 is 9.59 Å². The average molecular weight is 318 g/mol. The molecule has 2 rings (SSSR count). The molecule has 0 saturated carbocycles. The Morgan fingerprint density at radius 3 is 2.71 bits per heavy atom. The van der Waals surface area contributed by atoms with E-state index in [-0.39, 0.29) is 36.3 Å². The zero-order valence-corrected chi connectivity index (χ0v) is 13.7. The van der Waals surface area contributed by atoms with Gasteiger partial charge in [0, 0.05) is 25.6 Å². The van der Waals surface area contributed by atoms with Crippen molar-refractivity contribution in [3.63, 3.8) is 0 Å². The maximum Gasteiger partial charge on any atom is 0.243 e. The lowest BCUT2D eigenvalue weighted by molar-refractivity contribution is -0.142. The van der Waals surface area contributed by atoms with Gasteiger partial charge >= 0.3 is 0 Å². The summed E-state index contributed by atoms with van der Waals surface area (Å²) in [4.78, 5) is 26.4. The van der Waals surface area contributed by atoms with Crippen LogP contribution >= 0.6 is 12.4 Å². The highest BCUT2D eigenvalue weighted by Gasteiger charge is 2.32. The van der Waals surface area contributed by atoms with E-state index in [9.17, 15) is 9.59 Å². The van der Waals surface area contributed by atoms with Crippen LogP contribution in [-0.4, -0.2) is 48.4 Å². The van der Waals surface area contributed by atoms with E-state index < -0.39 is 0 Å². The number of amides is 2. The van der Waals surface area contributed by atoms with Gasteiger partial charge in [0.1, 0.15) is 6.04 Å². The van der Waals surface area contributed by atoms with Crippen molar-refractivity contribution in [3.05, 3.63) is 0 Å². The number of piperidine rings is 2. The molecule has 0 aromatic heterocycles. The van der Waals surface area contributed by atoms with Crippen LogP contribution in [0.1, 0.15) is 51.9 Å². The van der Waals surface area contributed by atoms with Gasteiger partial charge < -0.3 is 15.5 Å². The fourth-order valence-electron chi connectivity index (χ4n) is 3.13. The number of halogens is 1. The normalized spacial score (nSPS) is 25.9. The molecular formula is C15H28ClN3O2. The summed E-state index contributed by atoms with van der Waals surface area (Å²) in [5.41, 5.74) is 0. The summed E-state index contributed by atoms with van der Waals surface area (Å²) >= 11 is 0. The van der Waals surface area contributed by atoms with Crippen molar-refractivity contribution in [1.29, 1.82) is 0 Å². The Labute approximate surface area is 133 Å². The summed E-state index contributed by atoms with van der Waals surface area (Å²) in [5, 5.41) is 6.42. The largest absolute Gasteiger partial charge is 0.350 e. The molecule has 2 aliphatic heterocycles. The van der Waals surface area contributed by atoms with Crippen LogP contribution in [0.3, 0.4) is 0 Å². The molecule has 2 unspecified atom stereocenters. The van der Waals surface area contributed by atoms with Crippen LogP contribution in [0.15, 0.2) is 0 Å². The van der Waals surface area contributed by atoms with E-state index in [0.717, 1.165) is 58.2 Å². The first-order valence-corrected chi connectivity index (χ1v) is 8.03. The van der Waals surface area contributed by atoms with E-state index in [1.165, 1.54) is 0 Å². The summed E-state index contributed by atoms with van der Waals surface area (Å²) in [6.07, 6.45) is 6.40. The maximum absolute atomic E-state index is 12.5. The van der Waals surface area contributed by atoms with Crippen LogP contribution in [0.4, 0.5) is 0 Å². The van der Waals surface area contributed by atoms with Gasteiger partial charge in [0.15, 0.2) is 0 Å². The summed E-state index contributed by atoms with van der Waals surface area (Å²) in [5.74, 6) is 0.178. The molecule has 2 fully saturated rings. The summed E-state index contributed by atoms with van der Waals surface area (Å²) < 4.78 is 0. The van der Waals surface area contributed by atoms with Gasteiger partial charge in [0.05, 0.1) is 0 Å². The van der Waals surface area contributed by atoms with E-state index in [1.807, 2.05) is 6.92 Å². The second kappa shape index (κ2) is 9.26. The number of nitrogens with zero attached hydrogens (tertiary/aromatic N) is 1. The second-order valence-electron chi connectivity index (χ2n) is 5.90. The van der Waals surface area contributed by atoms with E-state index in [1.54, 1.807) is 4.90 Å². The maximum atomic E-state index is 12.5. The van der Waals surface area contributed by atoms with Gasteiger partial charge in [-0.25, -0.2) is 0 Å². The average Bonchev–Trinajstić information content (AvgIpc) is 2.48. The molecule has 2 amide bonds. The van der Waals surface area contributed by atoms with Crippen molar-refractivity contribution in [2.45, 2.75) is 64.0 Å². The first-order valence-electron chi connectivity index (χ1n) is 8.03. The fourth-order valence-corrected chi connectivity index (χ4v) is 3.13. The van der Waals surface area contributed by atoms with E-state index in [2.05, 4.69) is 10.6 Å². The van der Waals surface area contributed by atoms with Crippen LogP contribution in [0, 0.1) is 0 Å². The monoisotopic (exact) mass is 317 g/mol. The highest BCUT2D eigenvalue weighted by molar-refractivity contribution is 5.88. The van der Waals surface area contributed by atoms with Gasteiger partial charge in [-0.15, -0.1) is 12.4 Å². The summed E-state index contributed by atoms with van der Waals surface area (Å²) in [6, 6.07) is -0.0222. The molecule has 6 heteroatoms. The number of likely N-dealkylation sites (tertiary alicyclic amines) is 1. The lowest BCUT2D eigenvalue weighted by Gasteiger charge is -2.36. The van der Waals surface area contributed by atoms with Gasteiger partial charge in [-0.2, -0.15) is 0 Å². The topological polar surface area (TPSA) is 61.4 Å². The van der Waals surface area contributed by atoms with Crippen molar-refractivity contribution in [2.24, 2.45) is 0 Å². The molecule has 5 nitrogen and oxygen atoms in total. The minimum absolute atomic E-state index is 0. The first-order chi connectivity index (χ1) is 9.72. The van der Waals surface area contributed by atoms with E-state index in [4.69, 9.17) is 0 Å². The van der Waals surface area contributed by atoms with Crippen LogP contribution in [-0.2, 0) is 9.59 Å². The Bertz CT molecular complexity index is 346. The SMILES string of the molecule is CCCC(=O)N1CCCCC1C(=O)NC1CCCNC1.Cl. The molecule has 0 bridgehead atoms. The third kappa shape index (κ3) is 5.15. The third-order valence-corrected chi connectivity index (χ3v) is 4.23. The molecule has 2 aliphatic rings. The molecule has 2 N–H and O–H groups in total. The van der Waals surface area contributed by atoms with Crippen molar-refractivity contribution in [2.75, 3.05) is 19.6 Å². The van der Waals surface area contributed by atoms with Gasteiger partial charge in [-0.1, -0.05) is 6.92 Å². The minimum atomic E-state index is -0.246. The Balaban J connectivity index is 0.00000220. The number of hydrogen-bond donors (Lipinski definition) is 2.